The van der Waals surface area contributed by atoms with E-state index in [2.05, 4.69) is 70.5 Å². The topological polar surface area (TPSA) is 55.9 Å². The van der Waals surface area contributed by atoms with Gasteiger partial charge >= 0.3 is 0 Å². The fourth-order valence-corrected chi connectivity index (χ4v) is 2.14. The van der Waals surface area contributed by atoms with Gasteiger partial charge in [0.1, 0.15) is 0 Å². The van der Waals surface area contributed by atoms with Crippen LogP contribution in [0.15, 0.2) is 29.8 Å². The maximum absolute atomic E-state index is 4.35. The second kappa shape index (κ2) is 14.8. The SMILES string of the molecule is C/C=C(\C=NCC)C(CCC)NSC(C)(C)C.C=C.O.[HH]. The number of nitrogens with one attached hydrogen (secondary N) is 1. The Bertz CT molecular complexity index is 276. The number of hydrogen-bond donors (Lipinski definition) is 1. The van der Waals surface area contributed by atoms with Gasteiger partial charge in [-0.15, -0.1) is 13.2 Å². The molecular weight excluding hydrogens is 268 g/mol. The summed E-state index contributed by atoms with van der Waals surface area (Å²) in [6.07, 6.45) is 6.50. The molecule has 0 fully saturated rings. The first-order valence-corrected chi connectivity index (χ1v) is 7.85. The van der Waals surface area contributed by atoms with E-state index in [-0.39, 0.29) is 11.6 Å². The molecule has 0 aliphatic carbocycles. The maximum atomic E-state index is 4.35. The van der Waals surface area contributed by atoms with Crippen LogP contribution in [-0.4, -0.2) is 29.0 Å². The van der Waals surface area contributed by atoms with Crippen molar-refractivity contribution in [2.75, 3.05) is 6.54 Å². The molecule has 0 saturated carbocycles. The molecule has 1 atom stereocenters. The van der Waals surface area contributed by atoms with Crippen LogP contribution in [0.4, 0.5) is 0 Å². The molecule has 3 nitrogen and oxygen atoms in total. The fourth-order valence-electron chi connectivity index (χ4n) is 1.39. The average molecular weight is 305 g/mol. The van der Waals surface area contributed by atoms with Crippen LogP contribution in [0, 0.1) is 0 Å². The average Bonchev–Trinajstić information content (AvgIpc) is 2.38. The van der Waals surface area contributed by atoms with E-state index in [1.165, 1.54) is 12.0 Å². The number of allylic oxidation sites excluding steroid dienone is 1. The Morgan fingerprint density at radius 1 is 1.35 bits per heavy atom. The molecule has 0 amide bonds. The van der Waals surface area contributed by atoms with E-state index in [1.54, 1.807) is 11.9 Å². The van der Waals surface area contributed by atoms with Crippen LogP contribution < -0.4 is 4.72 Å². The highest BCUT2D eigenvalue weighted by Crippen LogP contribution is 2.22. The van der Waals surface area contributed by atoms with Crippen molar-refractivity contribution >= 4 is 18.2 Å². The summed E-state index contributed by atoms with van der Waals surface area (Å²) in [5.41, 5.74) is 1.30. The summed E-state index contributed by atoms with van der Waals surface area (Å²) in [5.74, 6) is 0. The monoisotopic (exact) mass is 304 g/mol. The minimum Gasteiger partial charge on any atom is -0.412 e. The predicted molar refractivity (Wildman–Crippen MR) is 98.9 cm³/mol. The zero-order valence-corrected chi connectivity index (χ0v) is 14.9. The molecule has 1 unspecified atom stereocenters. The minimum absolute atomic E-state index is 0. The molecule has 0 aromatic rings. The molecule has 0 spiro atoms. The number of aliphatic imine (C=N–C) groups is 1. The van der Waals surface area contributed by atoms with Gasteiger partial charge in [-0.3, -0.25) is 9.71 Å². The molecule has 122 valence electrons. The first kappa shape index (κ1) is 24.4. The fraction of sp³-hybridized carbons (Fsp3) is 0.688. The summed E-state index contributed by atoms with van der Waals surface area (Å²) in [6, 6.07) is 0.407. The number of nitrogens with zero attached hydrogens (tertiary/aromatic N) is 1. The molecule has 0 aromatic carbocycles. The Hall–Kier alpha value is -0.580. The van der Waals surface area contributed by atoms with Crippen LogP contribution in [0.5, 0.6) is 0 Å². The van der Waals surface area contributed by atoms with Gasteiger partial charge in [-0.1, -0.05) is 31.4 Å². The van der Waals surface area contributed by atoms with Crippen LogP contribution in [0.1, 0.15) is 55.8 Å². The lowest BCUT2D eigenvalue weighted by Gasteiger charge is -2.24. The summed E-state index contributed by atoms with van der Waals surface area (Å²) >= 11 is 1.81. The van der Waals surface area contributed by atoms with Crippen molar-refractivity contribution in [3.63, 3.8) is 0 Å². The van der Waals surface area contributed by atoms with Gasteiger partial charge in [-0.25, -0.2) is 0 Å². The Balaban J connectivity index is -0.000000344. The first-order valence-electron chi connectivity index (χ1n) is 7.04. The van der Waals surface area contributed by atoms with E-state index in [1.807, 2.05) is 6.21 Å². The molecule has 0 bridgehead atoms. The van der Waals surface area contributed by atoms with Crippen LogP contribution in [0.3, 0.4) is 0 Å². The van der Waals surface area contributed by atoms with Crippen molar-refractivity contribution < 1.29 is 6.90 Å². The molecule has 0 heterocycles. The van der Waals surface area contributed by atoms with Gasteiger partial charge in [-0.2, -0.15) is 0 Å². The van der Waals surface area contributed by atoms with Crippen molar-refractivity contribution in [1.29, 1.82) is 0 Å². The third-order valence-corrected chi connectivity index (χ3v) is 3.26. The quantitative estimate of drug-likeness (QED) is 0.429. The molecule has 3 N–H and O–H groups in total. The van der Waals surface area contributed by atoms with E-state index in [0.29, 0.717) is 6.04 Å². The van der Waals surface area contributed by atoms with Gasteiger partial charge in [0.15, 0.2) is 0 Å². The van der Waals surface area contributed by atoms with Crippen LogP contribution in [-0.2, 0) is 0 Å². The highest BCUT2D eigenvalue weighted by molar-refractivity contribution is 7.98. The smallest absolute Gasteiger partial charge is 0.0433 e. The van der Waals surface area contributed by atoms with Crippen LogP contribution >= 0.6 is 11.9 Å². The van der Waals surface area contributed by atoms with Gasteiger partial charge in [0.25, 0.3) is 0 Å². The van der Waals surface area contributed by atoms with Gasteiger partial charge in [-0.05, 0) is 46.6 Å². The first-order chi connectivity index (χ1) is 8.94. The molecule has 0 saturated heterocycles. The van der Waals surface area contributed by atoms with E-state index in [9.17, 15) is 0 Å². The van der Waals surface area contributed by atoms with Gasteiger partial charge in [0, 0.05) is 25.0 Å². The molecule has 0 aliphatic rings. The van der Waals surface area contributed by atoms with Crippen molar-refractivity contribution in [1.82, 2.24) is 4.72 Å². The summed E-state index contributed by atoms with van der Waals surface area (Å²) in [6.45, 7) is 19.9. The van der Waals surface area contributed by atoms with Crippen molar-refractivity contribution in [2.45, 2.75) is 65.2 Å². The van der Waals surface area contributed by atoms with Crippen LogP contribution in [0.2, 0.25) is 0 Å². The maximum Gasteiger partial charge on any atom is 0.0433 e. The second-order valence-corrected chi connectivity index (χ2v) is 6.75. The zero-order chi connectivity index (χ0) is 15.3. The largest absolute Gasteiger partial charge is 0.412 e. The van der Waals surface area contributed by atoms with Crippen molar-refractivity contribution in [2.24, 2.45) is 4.99 Å². The lowest BCUT2D eigenvalue weighted by Crippen LogP contribution is -2.30. The highest BCUT2D eigenvalue weighted by atomic mass is 32.2. The summed E-state index contributed by atoms with van der Waals surface area (Å²) in [4.78, 5) is 4.35. The van der Waals surface area contributed by atoms with Gasteiger partial charge in [0.05, 0.1) is 0 Å². The molecule has 0 rings (SSSR count). The van der Waals surface area contributed by atoms with E-state index >= 15 is 0 Å². The molecule has 0 aliphatic heterocycles. The van der Waals surface area contributed by atoms with E-state index < -0.39 is 0 Å². The van der Waals surface area contributed by atoms with E-state index in [4.69, 9.17) is 0 Å². The molecule has 4 heteroatoms. The minimum atomic E-state index is 0. The van der Waals surface area contributed by atoms with Crippen LogP contribution in [0.25, 0.3) is 0 Å². The predicted octanol–water partition coefficient (Wildman–Crippen LogP) is 4.45. The Morgan fingerprint density at radius 3 is 2.25 bits per heavy atom. The summed E-state index contributed by atoms with van der Waals surface area (Å²) < 4.78 is 3.82. The zero-order valence-electron chi connectivity index (χ0n) is 14.1. The molecule has 0 radical (unpaired) electrons. The van der Waals surface area contributed by atoms with Gasteiger partial charge in [0.2, 0.25) is 0 Å². The number of hydrogen-bond acceptors (Lipinski definition) is 3. The highest BCUT2D eigenvalue weighted by Gasteiger charge is 2.16. The second-order valence-electron chi connectivity index (χ2n) is 5.09. The Kier molecular flexibility index (Phi) is 18.1. The van der Waals surface area contributed by atoms with Gasteiger partial charge < -0.3 is 5.48 Å². The third-order valence-electron chi connectivity index (χ3n) is 2.24. The lowest BCUT2D eigenvalue weighted by molar-refractivity contribution is 0.647. The number of rotatable bonds is 7. The Morgan fingerprint density at radius 2 is 1.90 bits per heavy atom. The van der Waals surface area contributed by atoms with Crippen molar-refractivity contribution in [3.8, 4) is 0 Å². The van der Waals surface area contributed by atoms with Crippen molar-refractivity contribution in [3.05, 3.63) is 24.8 Å². The third kappa shape index (κ3) is 13.8. The molecule has 20 heavy (non-hydrogen) atoms. The summed E-state index contributed by atoms with van der Waals surface area (Å²) in [7, 11) is 0. The normalized spacial score (nSPS) is 13.4. The lowest BCUT2D eigenvalue weighted by atomic mass is 10.0. The standard InChI is InChI=1S/C14H28N2S.C2H4.H2O.H2/c1-7-10-13(16-17-14(4,5)6)12(8-2)11-15-9-3;1-2;;/h8,11,13,16H,7,9-10H2,1-6H3;1-2H2;1H2;1H/b12-8+,15-11?;;;. The Labute approximate surface area is 132 Å². The summed E-state index contributed by atoms with van der Waals surface area (Å²) in [5, 5.41) is 0. The molecular formula is C16H36N2OS. The van der Waals surface area contributed by atoms with E-state index in [0.717, 1.165) is 13.0 Å². The molecule has 0 aromatic heterocycles.